The van der Waals surface area contributed by atoms with E-state index in [0.717, 1.165) is 5.56 Å². The normalized spacial score (nSPS) is 13.2. The van der Waals surface area contributed by atoms with Crippen molar-refractivity contribution in [2.24, 2.45) is 0 Å². The fourth-order valence-electron chi connectivity index (χ4n) is 3.37. The third-order valence-corrected chi connectivity index (χ3v) is 5.00. The van der Waals surface area contributed by atoms with Crippen molar-refractivity contribution >= 4 is 29.3 Å². The monoisotopic (exact) mass is 433 g/mol. The molecule has 1 aromatic heterocycles. The zero-order chi connectivity index (χ0) is 22.5. The van der Waals surface area contributed by atoms with E-state index in [0.29, 0.717) is 36.8 Å². The highest BCUT2D eigenvalue weighted by Gasteiger charge is 2.33. The van der Waals surface area contributed by atoms with Gasteiger partial charge in [-0.3, -0.25) is 4.79 Å². The number of nitrogen functional groups attached to an aromatic ring is 1. The lowest BCUT2D eigenvalue weighted by Crippen LogP contribution is -2.53. The Hall–Kier alpha value is -4.34. The van der Waals surface area contributed by atoms with Crippen LogP contribution in [0.1, 0.15) is 17.3 Å². The lowest BCUT2D eigenvalue weighted by Gasteiger charge is -2.38. The predicted molar refractivity (Wildman–Crippen MR) is 121 cm³/mol. The van der Waals surface area contributed by atoms with Crippen LogP contribution in [0.25, 0.3) is 0 Å². The Bertz CT molecular complexity index is 1170. The fourth-order valence-corrected chi connectivity index (χ4v) is 3.37. The number of hydrogen-bond donors (Lipinski definition) is 5. The Balaban J connectivity index is 1.26. The molecule has 2 heterocycles. The number of nitrogens with one attached hydrogen (secondary N) is 4. The van der Waals surface area contributed by atoms with Crippen LogP contribution in [0.5, 0.6) is 0 Å². The van der Waals surface area contributed by atoms with Gasteiger partial charge in [0.1, 0.15) is 11.6 Å². The number of anilines is 3. The van der Waals surface area contributed by atoms with E-state index < -0.39 is 0 Å². The second-order valence-corrected chi connectivity index (χ2v) is 7.46. The zero-order valence-corrected chi connectivity index (χ0v) is 17.2. The number of benzene rings is 2. The first kappa shape index (κ1) is 20.9. The fraction of sp³-hybridized carbons (Fsp3) is 0.182. The number of carbonyl (C=O) groups excluding carboxylic acids is 2. The van der Waals surface area contributed by atoms with Crippen LogP contribution in [0.4, 0.5) is 26.8 Å². The van der Waals surface area contributed by atoms with Crippen molar-refractivity contribution in [2.45, 2.75) is 12.5 Å². The van der Waals surface area contributed by atoms with E-state index in [1.165, 1.54) is 6.07 Å². The van der Waals surface area contributed by atoms with E-state index in [4.69, 9.17) is 5.73 Å². The van der Waals surface area contributed by atoms with Crippen molar-refractivity contribution in [3.05, 3.63) is 82.4 Å². The highest BCUT2D eigenvalue weighted by atomic mass is 16.2. The summed E-state index contributed by atoms with van der Waals surface area (Å²) in [6, 6.07) is 17.0. The van der Waals surface area contributed by atoms with Gasteiger partial charge in [0.05, 0.1) is 5.92 Å². The number of nitrogens with two attached hydrogens (primary N) is 1. The number of H-pyrrole nitrogens is 1. The number of amides is 4. The van der Waals surface area contributed by atoms with Crippen LogP contribution < -0.4 is 27.2 Å². The molecule has 4 amide bonds. The van der Waals surface area contributed by atoms with Crippen molar-refractivity contribution in [3.8, 4) is 0 Å². The van der Waals surface area contributed by atoms with E-state index in [1.807, 2.05) is 24.3 Å². The van der Waals surface area contributed by atoms with Crippen molar-refractivity contribution in [1.29, 1.82) is 0 Å². The molecule has 0 aliphatic carbocycles. The molecule has 0 saturated carbocycles. The number of aromatic nitrogens is 2. The van der Waals surface area contributed by atoms with Crippen LogP contribution in [0, 0.1) is 0 Å². The van der Waals surface area contributed by atoms with Crippen molar-refractivity contribution < 1.29 is 9.59 Å². The van der Waals surface area contributed by atoms with Crippen molar-refractivity contribution in [3.63, 3.8) is 0 Å². The average Bonchev–Trinajstić information content (AvgIpc) is 2.71. The van der Waals surface area contributed by atoms with Gasteiger partial charge in [-0.25, -0.2) is 14.6 Å². The molecule has 6 N–H and O–H groups in total. The summed E-state index contributed by atoms with van der Waals surface area (Å²) < 4.78 is 0. The summed E-state index contributed by atoms with van der Waals surface area (Å²) in [4.78, 5) is 44.5. The van der Waals surface area contributed by atoms with E-state index in [9.17, 15) is 14.4 Å². The molecule has 32 heavy (non-hydrogen) atoms. The molecule has 10 heteroatoms. The Morgan fingerprint density at radius 1 is 1.03 bits per heavy atom. The number of carbonyl (C=O) groups is 2. The number of aromatic amines is 1. The number of urea groups is 2. The lowest BCUT2D eigenvalue weighted by atomic mass is 10.00. The van der Waals surface area contributed by atoms with Gasteiger partial charge in [0.25, 0.3) is 5.56 Å². The standard InChI is InChI=1S/C22H23N7O3/c23-18-10-19(30)28-20(27-18)15-12-29(13-15)22(32)24-11-14-5-4-8-17(9-14)26-21(31)25-16-6-2-1-3-7-16/h1-10,15H,11-13H2,(H,24,32)(H2,25,26,31)(H3,23,27,28,30). The molecule has 1 aliphatic rings. The molecule has 3 aromatic rings. The van der Waals surface area contributed by atoms with Crippen LogP contribution in [-0.2, 0) is 6.54 Å². The first-order valence-corrected chi connectivity index (χ1v) is 10.1. The van der Waals surface area contributed by atoms with Gasteiger partial charge < -0.3 is 31.6 Å². The first-order chi connectivity index (χ1) is 15.5. The second-order valence-electron chi connectivity index (χ2n) is 7.46. The van der Waals surface area contributed by atoms with Crippen molar-refractivity contribution in [2.75, 3.05) is 29.5 Å². The maximum Gasteiger partial charge on any atom is 0.323 e. The zero-order valence-electron chi connectivity index (χ0n) is 17.2. The van der Waals surface area contributed by atoms with Gasteiger partial charge >= 0.3 is 12.1 Å². The molecule has 0 radical (unpaired) electrons. The molecular weight excluding hydrogens is 410 g/mol. The van der Waals surface area contributed by atoms with Gasteiger partial charge in [-0.2, -0.15) is 0 Å². The summed E-state index contributed by atoms with van der Waals surface area (Å²) in [7, 11) is 0. The van der Waals surface area contributed by atoms with E-state index in [1.54, 1.807) is 35.2 Å². The molecule has 0 bridgehead atoms. The quantitative estimate of drug-likeness (QED) is 0.419. The molecule has 2 aromatic carbocycles. The van der Waals surface area contributed by atoms with E-state index in [2.05, 4.69) is 25.9 Å². The van der Waals surface area contributed by atoms with Crippen molar-refractivity contribution in [1.82, 2.24) is 20.2 Å². The maximum atomic E-state index is 12.4. The molecule has 4 rings (SSSR count). The number of nitrogens with zero attached hydrogens (tertiary/aromatic N) is 2. The van der Waals surface area contributed by atoms with E-state index >= 15 is 0 Å². The summed E-state index contributed by atoms with van der Waals surface area (Å²) in [6.07, 6.45) is 0. The molecule has 1 fully saturated rings. The number of likely N-dealkylation sites (tertiary alicyclic amines) is 1. The largest absolute Gasteiger partial charge is 0.383 e. The van der Waals surface area contributed by atoms with Gasteiger partial charge in [-0.1, -0.05) is 30.3 Å². The molecule has 0 unspecified atom stereocenters. The summed E-state index contributed by atoms with van der Waals surface area (Å²) in [5.74, 6) is 0.608. The smallest absolute Gasteiger partial charge is 0.323 e. The van der Waals surface area contributed by atoms with Gasteiger partial charge in [0, 0.05) is 37.1 Å². The highest BCUT2D eigenvalue weighted by Crippen LogP contribution is 2.24. The first-order valence-electron chi connectivity index (χ1n) is 10.1. The average molecular weight is 433 g/mol. The molecule has 164 valence electrons. The Morgan fingerprint density at radius 2 is 1.75 bits per heavy atom. The Kier molecular flexibility index (Phi) is 6.02. The van der Waals surface area contributed by atoms with Gasteiger partial charge in [0.15, 0.2) is 0 Å². The Morgan fingerprint density at radius 3 is 2.50 bits per heavy atom. The molecule has 0 spiro atoms. The number of para-hydroxylation sites is 1. The summed E-state index contributed by atoms with van der Waals surface area (Å²) in [5.41, 5.74) is 7.46. The van der Waals surface area contributed by atoms with Crippen LogP contribution in [-0.4, -0.2) is 40.0 Å². The SMILES string of the molecule is Nc1cc(=O)[nH]c(C2CN(C(=O)NCc3cccc(NC(=O)Nc4ccccc4)c3)C2)n1. The van der Waals surface area contributed by atoms with Crippen LogP contribution in [0.2, 0.25) is 0 Å². The van der Waals surface area contributed by atoms with Gasteiger partial charge in [0.2, 0.25) is 0 Å². The number of rotatable bonds is 5. The third-order valence-electron chi connectivity index (χ3n) is 5.00. The van der Waals surface area contributed by atoms with Gasteiger partial charge in [-0.05, 0) is 29.8 Å². The summed E-state index contributed by atoms with van der Waals surface area (Å²) in [6.45, 7) is 1.20. The summed E-state index contributed by atoms with van der Waals surface area (Å²) in [5, 5.41) is 8.39. The molecule has 0 atom stereocenters. The van der Waals surface area contributed by atoms with Gasteiger partial charge in [-0.15, -0.1) is 0 Å². The molecule has 1 aliphatic heterocycles. The molecule has 1 saturated heterocycles. The predicted octanol–water partition coefficient (Wildman–Crippen LogP) is 2.31. The Labute approximate surface area is 183 Å². The van der Waals surface area contributed by atoms with Crippen LogP contribution in [0.15, 0.2) is 65.5 Å². The van der Waals surface area contributed by atoms with E-state index in [-0.39, 0.29) is 29.4 Å². The van der Waals surface area contributed by atoms with Crippen LogP contribution in [0.3, 0.4) is 0 Å². The minimum Gasteiger partial charge on any atom is -0.383 e. The second kappa shape index (κ2) is 9.21. The lowest BCUT2D eigenvalue weighted by molar-refractivity contribution is 0.148. The molecular formula is C22H23N7O3. The maximum absolute atomic E-state index is 12.4. The van der Waals surface area contributed by atoms with Crippen LogP contribution >= 0.6 is 0 Å². The summed E-state index contributed by atoms with van der Waals surface area (Å²) >= 11 is 0. The minimum atomic E-state index is -0.350. The number of hydrogen-bond acceptors (Lipinski definition) is 5. The topological polar surface area (TPSA) is 145 Å². The molecule has 10 nitrogen and oxygen atoms in total. The minimum absolute atomic E-state index is 0.0485. The third kappa shape index (κ3) is 5.22. The highest BCUT2D eigenvalue weighted by molar-refractivity contribution is 5.99.